The van der Waals surface area contributed by atoms with Gasteiger partial charge in [0.05, 0.1) is 13.2 Å². The summed E-state index contributed by atoms with van der Waals surface area (Å²) in [6.45, 7) is 4.59. The maximum absolute atomic E-state index is 8.21. The first-order valence-corrected chi connectivity index (χ1v) is 5.35. The average Bonchev–Trinajstić information content (AvgIpc) is 2.21. The summed E-state index contributed by atoms with van der Waals surface area (Å²) in [5.41, 5.74) is 0. The lowest BCUT2D eigenvalue weighted by atomic mass is 10.3. The number of rotatable bonds is 6. The lowest BCUT2D eigenvalue weighted by Crippen LogP contribution is -1.69. The molecule has 14 heavy (non-hydrogen) atoms. The summed E-state index contributed by atoms with van der Waals surface area (Å²) in [6, 6.07) is 0. The van der Waals surface area contributed by atoms with Crippen LogP contribution < -0.4 is 0 Å². The van der Waals surface area contributed by atoms with Crippen LogP contribution in [0.5, 0.6) is 0 Å². The highest BCUT2D eigenvalue weighted by atomic mass is 16.3. The van der Waals surface area contributed by atoms with Crippen molar-refractivity contribution in [1.29, 1.82) is 0 Å². The molecule has 2 heteroatoms. The van der Waals surface area contributed by atoms with Crippen molar-refractivity contribution in [2.45, 2.75) is 39.5 Å². The van der Waals surface area contributed by atoms with E-state index in [-0.39, 0.29) is 13.2 Å². The molecule has 0 fully saturated rings. The average molecular weight is 200 g/mol. The Balaban J connectivity index is 0. The van der Waals surface area contributed by atoms with Crippen molar-refractivity contribution in [2.24, 2.45) is 0 Å². The molecule has 0 rings (SSSR count). The third kappa shape index (κ3) is 22.5. The molecule has 0 saturated carbocycles. The van der Waals surface area contributed by atoms with Crippen molar-refractivity contribution < 1.29 is 10.2 Å². The Bertz CT molecular complexity index is 112. The molecule has 0 aliphatic carbocycles. The zero-order valence-electron chi connectivity index (χ0n) is 9.45. The topological polar surface area (TPSA) is 40.5 Å². The van der Waals surface area contributed by atoms with Crippen molar-refractivity contribution in [3.63, 3.8) is 0 Å². The number of hydrogen-bond donors (Lipinski definition) is 2. The van der Waals surface area contributed by atoms with Crippen molar-refractivity contribution >= 4 is 0 Å². The molecular formula is C12H24O2. The van der Waals surface area contributed by atoms with Crippen molar-refractivity contribution in [2.75, 3.05) is 13.2 Å². The van der Waals surface area contributed by atoms with Gasteiger partial charge in [-0.25, -0.2) is 0 Å². The molecule has 0 unspecified atom stereocenters. The van der Waals surface area contributed by atoms with Crippen LogP contribution in [0.4, 0.5) is 0 Å². The van der Waals surface area contributed by atoms with Gasteiger partial charge in [-0.15, -0.1) is 0 Å². The minimum atomic E-state index is 0.181. The van der Waals surface area contributed by atoms with Gasteiger partial charge < -0.3 is 10.2 Å². The maximum Gasteiger partial charge on any atom is 0.0612 e. The Morgan fingerprint density at radius 1 is 0.714 bits per heavy atom. The molecule has 0 bridgehead atoms. The highest BCUT2D eigenvalue weighted by molar-refractivity contribution is 4.79. The highest BCUT2D eigenvalue weighted by Gasteiger charge is 1.69. The fourth-order valence-corrected chi connectivity index (χ4v) is 0.718. The van der Waals surface area contributed by atoms with E-state index < -0.39 is 0 Å². The molecule has 2 nitrogen and oxygen atoms in total. The summed E-state index contributed by atoms with van der Waals surface area (Å²) in [6.07, 6.45) is 12.0. The number of unbranched alkanes of at least 4 members (excludes halogenated alkanes) is 2. The first-order valence-electron chi connectivity index (χ1n) is 5.35. The molecule has 0 atom stereocenters. The molecular weight excluding hydrogens is 176 g/mol. The van der Waals surface area contributed by atoms with Crippen LogP contribution in [-0.2, 0) is 0 Å². The molecule has 0 amide bonds. The van der Waals surface area contributed by atoms with Crippen LogP contribution in [0.25, 0.3) is 0 Å². The minimum absolute atomic E-state index is 0.181. The Morgan fingerprint density at radius 3 is 1.29 bits per heavy atom. The van der Waals surface area contributed by atoms with Crippen molar-refractivity contribution in [3.05, 3.63) is 24.3 Å². The molecule has 0 aromatic rings. The molecule has 2 N–H and O–H groups in total. The molecule has 0 aromatic carbocycles. The van der Waals surface area contributed by atoms with Gasteiger partial charge in [0, 0.05) is 0 Å². The van der Waals surface area contributed by atoms with E-state index >= 15 is 0 Å². The molecule has 0 spiro atoms. The molecule has 0 aromatic heterocycles. The predicted molar refractivity (Wildman–Crippen MR) is 62.3 cm³/mol. The van der Waals surface area contributed by atoms with E-state index in [9.17, 15) is 0 Å². The second kappa shape index (κ2) is 18.2. The quantitative estimate of drug-likeness (QED) is 0.647. The number of aliphatic hydroxyl groups is 2. The van der Waals surface area contributed by atoms with E-state index in [1.54, 1.807) is 12.2 Å². The Labute approximate surface area is 88.0 Å². The van der Waals surface area contributed by atoms with Gasteiger partial charge in [-0.1, -0.05) is 51.0 Å². The fourth-order valence-electron chi connectivity index (χ4n) is 0.718. The van der Waals surface area contributed by atoms with E-state index in [1.807, 2.05) is 12.2 Å². The highest BCUT2D eigenvalue weighted by Crippen LogP contribution is 1.86. The first kappa shape index (κ1) is 15.9. The maximum atomic E-state index is 8.21. The predicted octanol–water partition coefficient (Wildman–Crippen LogP) is 2.67. The van der Waals surface area contributed by atoms with Crippen LogP contribution >= 0.6 is 0 Å². The monoisotopic (exact) mass is 200 g/mol. The Kier molecular flexibility index (Phi) is 20.7. The van der Waals surface area contributed by atoms with Crippen LogP contribution in [0, 0.1) is 0 Å². The lowest BCUT2D eigenvalue weighted by Gasteiger charge is -1.79. The molecule has 0 saturated heterocycles. The van der Waals surface area contributed by atoms with E-state index in [0.29, 0.717) is 0 Å². The van der Waals surface area contributed by atoms with Gasteiger partial charge >= 0.3 is 0 Å². The Hall–Kier alpha value is -0.600. The summed E-state index contributed by atoms with van der Waals surface area (Å²) in [5, 5.41) is 16.4. The second-order valence-corrected chi connectivity index (χ2v) is 2.89. The summed E-state index contributed by atoms with van der Waals surface area (Å²) in [7, 11) is 0. The third-order valence-electron chi connectivity index (χ3n) is 1.45. The van der Waals surface area contributed by atoms with Crippen LogP contribution in [0.15, 0.2) is 24.3 Å². The first-order chi connectivity index (χ1) is 6.83. The number of aliphatic hydroxyl groups excluding tert-OH is 2. The SMILES string of the molecule is CCC/C=C/CO.CCC/C=C\CO. The van der Waals surface area contributed by atoms with E-state index in [1.165, 1.54) is 0 Å². The van der Waals surface area contributed by atoms with Crippen molar-refractivity contribution in [3.8, 4) is 0 Å². The van der Waals surface area contributed by atoms with Gasteiger partial charge in [-0.05, 0) is 12.8 Å². The molecule has 0 aliphatic rings. The van der Waals surface area contributed by atoms with Gasteiger partial charge in [-0.3, -0.25) is 0 Å². The van der Waals surface area contributed by atoms with Gasteiger partial charge in [0.2, 0.25) is 0 Å². The standard InChI is InChI=1S/2C6H12O/c2*1-2-3-4-5-6-7/h2*4-5,7H,2-3,6H2,1H3/b5-4+;5-4-. The van der Waals surface area contributed by atoms with E-state index in [0.717, 1.165) is 25.7 Å². The molecule has 0 aliphatic heterocycles. The van der Waals surface area contributed by atoms with Crippen LogP contribution in [0.1, 0.15) is 39.5 Å². The van der Waals surface area contributed by atoms with Gasteiger partial charge in [0.25, 0.3) is 0 Å². The smallest absolute Gasteiger partial charge is 0.0612 e. The van der Waals surface area contributed by atoms with E-state index in [2.05, 4.69) is 13.8 Å². The zero-order chi connectivity index (χ0) is 11.1. The normalized spacial score (nSPS) is 10.6. The molecule has 0 heterocycles. The summed E-state index contributed by atoms with van der Waals surface area (Å²) in [5.74, 6) is 0. The van der Waals surface area contributed by atoms with E-state index in [4.69, 9.17) is 10.2 Å². The summed E-state index contributed by atoms with van der Waals surface area (Å²) >= 11 is 0. The van der Waals surface area contributed by atoms with Gasteiger partial charge in [0.1, 0.15) is 0 Å². The molecule has 0 radical (unpaired) electrons. The number of hydrogen-bond acceptors (Lipinski definition) is 2. The van der Waals surface area contributed by atoms with Crippen LogP contribution in [-0.4, -0.2) is 23.4 Å². The van der Waals surface area contributed by atoms with Crippen LogP contribution in [0.3, 0.4) is 0 Å². The fraction of sp³-hybridized carbons (Fsp3) is 0.667. The van der Waals surface area contributed by atoms with Gasteiger partial charge in [-0.2, -0.15) is 0 Å². The zero-order valence-corrected chi connectivity index (χ0v) is 9.45. The largest absolute Gasteiger partial charge is 0.392 e. The number of allylic oxidation sites excluding steroid dienone is 2. The molecule has 84 valence electrons. The Morgan fingerprint density at radius 2 is 1.07 bits per heavy atom. The minimum Gasteiger partial charge on any atom is -0.392 e. The summed E-state index contributed by atoms with van der Waals surface area (Å²) < 4.78 is 0. The van der Waals surface area contributed by atoms with Crippen molar-refractivity contribution in [1.82, 2.24) is 0 Å². The summed E-state index contributed by atoms with van der Waals surface area (Å²) in [4.78, 5) is 0. The van der Waals surface area contributed by atoms with Gasteiger partial charge in [0.15, 0.2) is 0 Å². The lowest BCUT2D eigenvalue weighted by molar-refractivity contribution is 0.342. The second-order valence-electron chi connectivity index (χ2n) is 2.89. The van der Waals surface area contributed by atoms with Crippen LogP contribution in [0.2, 0.25) is 0 Å². The third-order valence-corrected chi connectivity index (χ3v) is 1.45.